The number of nitrogen functional groups attached to an aromatic ring is 1. The van der Waals surface area contributed by atoms with Gasteiger partial charge in [0.05, 0.1) is 18.0 Å². The van der Waals surface area contributed by atoms with E-state index in [4.69, 9.17) is 10.6 Å². The van der Waals surface area contributed by atoms with E-state index in [0.29, 0.717) is 17.9 Å². The van der Waals surface area contributed by atoms with Crippen LogP contribution < -0.4 is 16.4 Å². The van der Waals surface area contributed by atoms with Crippen molar-refractivity contribution >= 4 is 57.6 Å². The quantitative estimate of drug-likeness (QED) is 0.179. The number of likely N-dealkylation sites (N-methyl/N-ethyl adjacent to an activating group) is 1. The van der Waals surface area contributed by atoms with E-state index in [1.54, 1.807) is 26.4 Å². The number of carboxylic acid groups (broad SMARTS) is 1. The Morgan fingerprint density at radius 1 is 1.42 bits per heavy atom. The molecule has 1 aromatic heterocycles. The first-order valence-electron chi connectivity index (χ1n) is 12.0. The predicted molar refractivity (Wildman–Crippen MR) is 142 cm³/mol. The maximum Gasteiger partial charge on any atom is 0.353 e. The number of carboxylic acids is 1. The minimum Gasteiger partial charge on any atom is -0.477 e. The minimum atomic E-state index is -1.17. The first-order valence-corrected chi connectivity index (χ1v) is 13.8. The largest absolute Gasteiger partial charge is 0.477 e. The van der Waals surface area contributed by atoms with Gasteiger partial charge < -0.3 is 36.1 Å². The normalized spacial score (nSPS) is 27.6. The average molecular weight is 566 g/mol. The summed E-state index contributed by atoms with van der Waals surface area (Å²) in [5, 5.41) is 21.6. The Morgan fingerprint density at radius 2 is 2.13 bits per heavy atom. The van der Waals surface area contributed by atoms with Crippen molar-refractivity contribution in [3.05, 3.63) is 21.7 Å². The van der Waals surface area contributed by atoms with Gasteiger partial charge in [-0.15, -0.1) is 23.1 Å². The first kappa shape index (κ1) is 27.9. The van der Waals surface area contributed by atoms with Crippen LogP contribution in [-0.2, 0) is 24.0 Å². The highest BCUT2D eigenvalue weighted by molar-refractivity contribution is 8.03. The van der Waals surface area contributed by atoms with Crippen LogP contribution in [-0.4, -0.2) is 100 Å². The highest BCUT2D eigenvalue weighted by Crippen LogP contribution is 2.51. The van der Waals surface area contributed by atoms with Crippen LogP contribution in [0.25, 0.3) is 0 Å². The molecule has 4 rings (SSSR count). The van der Waals surface area contributed by atoms with Crippen LogP contribution in [0.4, 0.5) is 5.13 Å². The molecule has 206 valence electrons. The van der Waals surface area contributed by atoms with Crippen molar-refractivity contribution in [1.29, 1.82) is 0 Å². The summed E-state index contributed by atoms with van der Waals surface area (Å²) in [4.78, 5) is 63.2. The third-order valence-corrected chi connectivity index (χ3v) is 9.16. The lowest BCUT2D eigenvalue weighted by atomic mass is 9.78. The lowest BCUT2D eigenvalue weighted by molar-refractivity contribution is -0.158. The van der Waals surface area contributed by atoms with Gasteiger partial charge in [-0.1, -0.05) is 12.1 Å². The van der Waals surface area contributed by atoms with Crippen molar-refractivity contribution in [2.75, 3.05) is 33.5 Å². The molecule has 0 spiro atoms. The number of fused-ring (bicyclic) bond motifs is 1. The third kappa shape index (κ3) is 4.97. The molecule has 38 heavy (non-hydrogen) atoms. The Balaban J connectivity index is 1.48. The fourth-order valence-corrected chi connectivity index (χ4v) is 7.25. The summed E-state index contributed by atoms with van der Waals surface area (Å²) >= 11 is 2.56. The molecule has 4 heterocycles. The zero-order valence-corrected chi connectivity index (χ0v) is 23.3. The molecule has 3 aliphatic heterocycles. The van der Waals surface area contributed by atoms with E-state index in [0.717, 1.165) is 11.3 Å². The molecule has 13 nitrogen and oxygen atoms in total. The molecule has 0 saturated carbocycles. The molecule has 2 saturated heterocycles. The molecule has 3 aliphatic rings. The van der Waals surface area contributed by atoms with Crippen LogP contribution in [0.1, 0.15) is 26.0 Å². The molecule has 1 aromatic rings. The molecule has 2 fully saturated rings. The van der Waals surface area contributed by atoms with Crippen molar-refractivity contribution < 1.29 is 29.1 Å². The van der Waals surface area contributed by atoms with E-state index >= 15 is 0 Å². The number of thioether (sulfide) groups is 1. The van der Waals surface area contributed by atoms with Gasteiger partial charge in [-0.3, -0.25) is 14.4 Å². The summed E-state index contributed by atoms with van der Waals surface area (Å²) in [6, 6.07) is -1.37. The molecule has 6 atom stereocenters. The summed E-state index contributed by atoms with van der Waals surface area (Å²) in [7, 11) is 4.69. The van der Waals surface area contributed by atoms with E-state index in [1.165, 1.54) is 28.7 Å². The Bertz CT molecular complexity index is 1210. The van der Waals surface area contributed by atoms with Gasteiger partial charge in [-0.2, -0.15) is 0 Å². The maximum absolute atomic E-state index is 13.2. The van der Waals surface area contributed by atoms with E-state index in [2.05, 4.69) is 20.8 Å². The molecule has 5 N–H and O–H groups in total. The molecule has 1 unspecified atom stereocenters. The molecule has 0 bridgehead atoms. The number of nitrogens with two attached hydrogens (primary N) is 1. The van der Waals surface area contributed by atoms with Crippen molar-refractivity contribution in [1.82, 2.24) is 25.4 Å². The number of β-lactam (4-membered cyclic amide) rings is 1. The number of oxime groups is 1. The number of aromatic nitrogens is 1. The second-order valence-electron chi connectivity index (χ2n) is 9.66. The third-order valence-electron chi connectivity index (χ3n) is 6.97. The van der Waals surface area contributed by atoms with Crippen LogP contribution in [0.2, 0.25) is 0 Å². The lowest BCUT2D eigenvalue weighted by Crippen LogP contribution is -2.66. The van der Waals surface area contributed by atoms with Crippen molar-refractivity contribution in [3.8, 4) is 0 Å². The molecule has 15 heteroatoms. The minimum absolute atomic E-state index is 0.0153. The van der Waals surface area contributed by atoms with Gasteiger partial charge >= 0.3 is 5.97 Å². The van der Waals surface area contributed by atoms with Gasteiger partial charge in [0.15, 0.2) is 10.8 Å². The highest BCUT2D eigenvalue weighted by atomic mass is 32.2. The number of thiazole rings is 1. The predicted octanol–water partition coefficient (Wildman–Crippen LogP) is -0.0947. The van der Waals surface area contributed by atoms with Gasteiger partial charge in [-0.05, 0) is 13.3 Å². The number of amides is 3. The van der Waals surface area contributed by atoms with E-state index < -0.39 is 29.9 Å². The lowest BCUT2D eigenvalue weighted by Gasteiger charge is -2.47. The molecule has 0 radical (unpaired) electrons. The molecule has 0 aliphatic carbocycles. The van der Waals surface area contributed by atoms with Gasteiger partial charge in [0.2, 0.25) is 11.8 Å². The van der Waals surface area contributed by atoms with Gasteiger partial charge in [-0.25, -0.2) is 9.78 Å². The summed E-state index contributed by atoms with van der Waals surface area (Å²) in [6.45, 7) is 4.15. The van der Waals surface area contributed by atoms with Crippen LogP contribution in [0, 0.1) is 11.8 Å². The van der Waals surface area contributed by atoms with Crippen molar-refractivity contribution in [3.63, 3.8) is 0 Å². The number of hydrogen-bond donors (Lipinski definition) is 4. The standard InChI is InChI=1S/C23H31N7O6S2/c1-9-16-14(10(2)26-19(31)15(28-36-5)13-8-37-23(24)27-13)21(33)30(16)17(22(34)35)18(9)38-11-6-12(25-7-11)20(32)29(3)4/h8-12,14,16,25H,6-7H2,1-5H3,(H2,24,27)(H,26,31)(H,34,35)/b28-15-/t9-,10?,11+,12+,14-,16-/m1/s1. The zero-order valence-electron chi connectivity index (χ0n) is 21.6. The number of nitrogens with one attached hydrogen (secondary N) is 2. The smallest absolute Gasteiger partial charge is 0.353 e. The number of carbonyl (C=O) groups is 4. The topological polar surface area (TPSA) is 180 Å². The summed E-state index contributed by atoms with van der Waals surface area (Å²) in [5.74, 6) is -3.04. The summed E-state index contributed by atoms with van der Waals surface area (Å²) in [5.41, 5.74) is 5.83. The molecular formula is C23H31N7O6S2. The Kier molecular flexibility index (Phi) is 7.99. The number of nitrogens with zero attached hydrogens (tertiary/aromatic N) is 4. The monoisotopic (exact) mass is 565 g/mol. The number of anilines is 1. The second-order valence-corrected chi connectivity index (χ2v) is 11.9. The van der Waals surface area contributed by atoms with Crippen LogP contribution >= 0.6 is 23.1 Å². The second kappa shape index (κ2) is 10.9. The van der Waals surface area contributed by atoms with Crippen molar-refractivity contribution in [2.24, 2.45) is 17.0 Å². The van der Waals surface area contributed by atoms with Gasteiger partial charge in [0, 0.05) is 48.1 Å². The number of carbonyl (C=O) groups excluding carboxylic acids is 3. The number of rotatable bonds is 9. The molecule has 3 amide bonds. The number of hydrogen-bond acceptors (Lipinski definition) is 11. The fraction of sp³-hybridized carbons (Fsp3) is 0.565. The van der Waals surface area contributed by atoms with E-state index in [-0.39, 0.29) is 51.3 Å². The highest BCUT2D eigenvalue weighted by Gasteiger charge is 2.60. The number of aliphatic carboxylic acids is 1. The summed E-state index contributed by atoms with van der Waals surface area (Å²) in [6.07, 6.45) is 0.558. The Labute approximate surface area is 227 Å². The van der Waals surface area contributed by atoms with Gasteiger partial charge in [0.25, 0.3) is 5.91 Å². The van der Waals surface area contributed by atoms with Crippen LogP contribution in [0.15, 0.2) is 21.1 Å². The SMILES string of the molecule is CO/N=C(\C(=O)NC(C)[C@H]1C(=O)N2C(C(=O)O)=C(S[C@@H]3CN[C@H](C(=O)N(C)C)C3)[C@H](C)[C@H]12)c1csc(N)n1. The Morgan fingerprint density at radius 3 is 2.71 bits per heavy atom. The molecule has 0 aromatic carbocycles. The van der Waals surface area contributed by atoms with Crippen molar-refractivity contribution in [2.45, 2.75) is 43.6 Å². The summed E-state index contributed by atoms with van der Waals surface area (Å²) < 4.78 is 0. The van der Waals surface area contributed by atoms with Gasteiger partial charge in [0.1, 0.15) is 18.5 Å². The average Bonchev–Trinajstić information content (AvgIpc) is 3.55. The maximum atomic E-state index is 13.2. The van der Waals surface area contributed by atoms with E-state index in [9.17, 15) is 24.3 Å². The van der Waals surface area contributed by atoms with Crippen LogP contribution in [0.3, 0.4) is 0 Å². The van der Waals surface area contributed by atoms with Crippen LogP contribution in [0.5, 0.6) is 0 Å². The van der Waals surface area contributed by atoms with E-state index in [1.807, 2.05) is 6.92 Å². The molecular weight excluding hydrogens is 534 g/mol. The Hall–Kier alpha value is -3.17. The first-order chi connectivity index (χ1) is 18.0. The fourth-order valence-electron chi connectivity index (χ4n) is 5.23. The zero-order chi connectivity index (χ0) is 27.9.